The number of pyridine rings is 1. The zero-order valence-corrected chi connectivity index (χ0v) is 10.9. The van der Waals surface area contributed by atoms with E-state index in [2.05, 4.69) is 22.0 Å². The minimum Gasteiger partial charge on any atom is -0.508 e. The van der Waals surface area contributed by atoms with Crippen LogP contribution in [0.4, 0.5) is 0 Å². The van der Waals surface area contributed by atoms with Gasteiger partial charge in [-0.25, -0.2) is 0 Å². The molecule has 0 amide bonds. The first-order valence-electron chi connectivity index (χ1n) is 6.34. The highest BCUT2D eigenvalue weighted by molar-refractivity contribution is 5.62. The van der Waals surface area contributed by atoms with Gasteiger partial charge in [-0.2, -0.15) is 4.98 Å². The van der Waals surface area contributed by atoms with Gasteiger partial charge in [0.2, 0.25) is 5.82 Å². The monoisotopic (exact) mass is 267 g/mol. The summed E-state index contributed by atoms with van der Waals surface area (Å²) in [6, 6.07) is 8.60. The Balaban J connectivity index is 2.02. The Morgan fingerprint density at radius 1 is 1.25 bits per heavy atom. The molecule has 0 unspecified atom stereocenters. The number of aromatic hydroxyl groups is 1. The van der Waals surface area contributed by atoms with Crippen LogP contribution < -0.4 is 0 Å². The van der Waals surface area contributed by atoms with E-state index in [1.54, 1.807) is 30.6 Å². The van der Waals surface area contributed by atoms with Crippen LogP contribution in [0.3, 0.4) is 0 Å². The van der Waals surface area contributed by atoms with Crippen molar-refractivity contribution in [2.75, 3.05) is 0 Å². The molecule has 3 rings (SSSR count). The number of hydrogen-bond acceptors (Lipinski definition) is 5. The lowest BCUT2D eigenvalue weighted by Gasteiger charge is -2.00. The molecule has 100 valence electrons. The SMILES string of the molecule is CCc1cnccc1-c1noc(-c2cccc(O)c2)n1. The second-order valence-corrected chi connectivity index (χ2v) is 4.36. The molecular formula is C15H13N3O2. The molecule has 0 atom stereocenters. The molecule has 0 aliphatic carbocycles. The molecule has 2 heterocycles. The maximum absolute atomic E-state index is 9.48. The normalized spacial score (nSPS) is 10.7. The third kappa shape index (κ3) is 2.25. The largest absolute Gasteiger partial charge is 0.508 e. The van der Waals surface area contributed by atoms with E-state index in [0.29, 0.717) is 17.3 Å². The van der Waals surface area contributed by atoms with Crippen LogP contribution in [0.25, 0.3) is 22.8 Å². The Hall–Kier alpha value is -2.69. The Morgan fingerprint density at radius 2 is 2.15 bits per heavy atom. The summed E-state index contributed by atoms with van der Waals surface area (Å²) in [6.07, 6.45) is 4.36. The number of phenolic OH excluding ortho intramolecular Hbond substituents is 1. The number of benzene rings is 1. The third-order valence-corrected chi connectivity index (χ3v) is 3.04. The maximum Gasteiger partial charge on any atom is 0.258 e. The quantitative estimate of drug-likeness (QED) is 0.789. The number of hydrogen-bond donors (Lipinski definition) is 1. The lowest BCUT2D eigenvalue weighted by Crippen LogP contribution is -1.90. The van der Waals surface area contributed by atoms with Crippen LogP contribution in [0.15, 0.2) is 47.2 Å². The molecule has 5 heteroatoms. The zero-order valence-electron chi connectivity index (χ0n) is 10.9. The highest BCUT2D eigenvalue weighted by atomic mass is 16.5. The number of aromatic nitrogens is 3. The first kappa shape index (κ1) is 12.3. The average Bonchev–Trinajstić information content (AvgIpc) is 2.97. The summed E-state index contributed by atoms with van der Waals surface area (Å²) in [5.41, 5.74) is 2.67. The maximum atomic E-state index is 9.48. The number of aryl methyl sites for hydroxylation is 1. The van der Waals surface area contributed by atoms with Crippen molar-refractivity contribution in [3.8, 4) is 28.6 Å². The highest BCUT2D eigenvalue weighted by Crippen LogP contribution is 2.26. The molecule has 1 aromatic carbocycles. The summed E-state index contributed by atoms with van der Waals surface area (Å²) in [4.78, 5) is 8.48. The van der Waals surface area contributed by atoms with Gasteiger partial charge < -0.3 is 9.63 Å². The molecular weight excluding hydrogens is 254 g/mol. The van der Waals surface area contributed by atoms with Gasteiger partial charge in [0.25, 0.3) is 5.89 Å². The van der Waals surface area contributed by atoms with Crippen molar-refractivity contribution in [3.63, 3.8) is 0 Å². The van der Waals surface area contributed by atoms with E-state index in [9.17, 15) is 5.11 Å². The number of phenols is 1. The smallest absolute Gasteiger partial charge is 0.258 e. The van der Waals surface area contributed by atoms with Gasteiger partial charge in [-0.1, -0.05) is 18.1 Å². The second kappa shape index (κ2) is 5.13. The fraction of sp³-hybridized carbons (Fsp3) is 0.133. The van der Waals surface area contributed by atoms with Gasteiger partial charge in [0.05, 0.1) is 0 Å². The molecule has 0 saturated carbocycles. The molecule has 0 aliphatic heterocycles. The lowest BCUT2D eigenvalue weighted by atomic mass is 10.1. The van der Waals surface area contributed by atoms with Gasteiger partial charge in [-0.05, 0) is 36.2 Å². The molecule has 0 bridgehead atoms. The van der Waals surface area contributed by atoms with E-state index in [-0.39, 0.29) is 5.75 Å². The molecule has 0 saturated heterocycles. The summed E-state index contributed by atoms with van der Waals surface area (Å²) < 4.78 is 5.27. The number of nitrogens with zero attached hydrogens (tertiary/aromatic N) is 3. The Bertz CT molecular complexity index is 737. The molecule has 1 N–H and O–H groups in total. The lowest BCUT2D eigenvalue weighted by molar-refractivity contribution is 0.431. The van der Waals surface area contributed by atoms with Gasteiger partial charge in [0.15, 0.2) is 0 Å². The first-order valence-corrected chi connectivity index (χ1v) is 6.34. The van der Waals surface area contributed by atoms with E-state index >= 15 is 0 Å². The molecule has 3 aromatic rings. The third-order valence-electron chi connectivity index (χ3n) is 3.04. The highest BCUT2D eigenvalue weighted by Gasteiger charge is 2.13. The van der Waals surface area contributed by atoms with Crippen LogP contribution in [-0.4, -0.2) is 20.2 Å². The van der Waals surface area contributed by atoms with Crippen LogP contribution in [0.2, 0.25) is 0 Å². The summed E-state index contributed by atoms with van der Waals surface area (Å²) in [5.74, 6) is 1.08. The Labute approximate surface area is 115 Å². The first-order chi connectivity index (χ1) is 9.78. The topological polar surface area (TPSA) is 72.0 Å². The van der Waals surface area contributed by atoms with Crippen molar-refractivity contribution in [3.05, 3.63) is 48.3 Å². The predicted octanol–water partition coefficient (Wildman–Crippen LogP) is 3.07. The van der Waals surface area contributed by atoms with E-state index in [4.69, 9.17) is 4.52 Å². The number of rotatable bonds is 3. The van der Waals surface area contributed by atoms with Crippen molar-refractivity contribution in [1.82, 2.24) is 15.1 Å². The Kier molecular flexibility index (Phi) is 3.16. The van der Waals surface area contributed by atoms with Crippen molar-refractivity contribution in [1.29, 1.82) is 0 Å². The van der Waals surface area contributed by atoms with E-state index in [1.807, 2.05) is 12.1 Å². The summed E-state index contributed by atoms with van der Waals surface area (Å²) in [7, 11) is 0. The van der Waals surface area contributed by atoms with Crippen LogP contribution >= 0.6 is 0 Å². The minimum absolute atomic E-state index is 0.167. The van der Waals surface area contributed by atoms with Crippen molar-refractivity contribution in [2.24, 2.45) is 0 Å². The fourth-order valence-corrected chi connectivity index (χ4v) is 2.02. The molecule has 0 aliphatic rings. The van der Waals surface area contributed by atoms with Gasteiger partial charge in [-0.15, -0.1) is 0 Å². The van der Waals surface area contributed by atoms with E-state index < -0.39 is 0 Å². The Morgan fingerprint density at radius 3 is 2.95 bits per heavy atom. The van der Waals surface area contributed by atoms with Gasteiger partial charge in [0.1, 0.15) is 5.75 Å². The standard InChI is InChI=1S/C15H13N3O2/c1-2-10-9-16-7-6-13(10)14-17-15(20-18-14)11-4-3-5-12(19)8-11/h3-9,19H,2H2,1H3. The van der Waals surface area contributed by atoms with Crippen LogP contribution in [0.1, 0.15) is 12.5 Å². The van der Waals surface area contributed by atoms with Gasteiger partial charge >= 0.3 is 0 Å². The molecule has 20 heavy (non-hydrogen) atoms. The zero-order chi connectivity index (χ0) is 13.9. The van der Waals surface area contributed by atoms with Crippen molar-refractivity contribution < 1.29 is 9.63 Å². The van der Waals surface area contributed by atoms with Crippen LogP contribution in [0, 0.1) is 0 Å². The second-order valence-electron chi connectivity index (χ2n) is 4.36. The summed E-state index contributed by atoms with van der Waals surface area (Å²) >= 11 is 0. The average molecular weight is 267 g/mol. The fourth-order valence-electron chi connectivity index (χ4n) is 2.02. The van der Waals surface area contributed by atoms with Crippen LogP contribution in [-0.2, 0) is 6.42 Å². The molecule has 0 spiro atoms. The van der Waals surface area contributed by atoms with E-state index in [1.165, 1.54) is 0 Å². The van der Waals surface area contributed by atoms with Crippen molar-refractivity contribution in [2.45, 2.75) is 13.3 Å². The van der Waals surface area contributed by atoms with Crippen molar-refractivity contribution >= 4 is 0 Å². The van der Waals surface area contributed by atoms with Crippen LogP contribution in [0.5, 0.6) is 5.75 Å². The molecule has 0 fully saturated rings. The van der Waals surface area contributed by atoms with Gasteiger partial charge in [0, 0.05) is 23.5 Å². The summed E-state index contributed by atoms with van der Waals surface area (Å²) in [5, 5.41) is 13.5. The molecule has 5 nitrogen and oxygen atoms in total. The minimum atomic E-state index is 0.167. The summed E-state index contributed by atoms with van der Waals surface area (Å²) in [6.45, 7) is 2.05. The molecule has 2 aromatic heterocycles. The van der Waals surface area contributed by atoms with Gasteiger partial charge in [-0.3, -0.25) is 4.98 Å². The molecule has 0 radical (unpaired) electrons. The van der Waals surface area contributed by atoms with E-state index in [0.717, 1.165) is 17.5 Å². The predicted molar refractivity (Wildman–Crippen MR) is 74.0 cm³/mol.